The summed E-state index contributed by atoms with van der Waals surface area (Å²) in [6, 6.07) is 169. The molecule has 0 fully saturated rings. The Balaban J connectivity index is 0.595. The Morgan fingerprint density at radius 3 is 1.32 bits per heavy atom. The topological polar surface area (TPSA) is 39.2 Å². The molecule has 3 unspecified atom stereocenters. The van der Waals surface area contributed by atoms with Crippen LogP contribution in [0.4, 0.5) is 56.9 Å². The van der Waals surface area contributed by atoms with Crippen molar-refractivity contribution in [3.63, 3.8) is 0 Å². The average molecular weight is 1820 g/mol. The van der Waals surface area contributed by atoms with Gasteiger partial charge in [0.15, 0.2) is 11.2 Å². The van der Waals surface area contributed by atoms with Gasteiger partial charge in [0.1, 0.15) is 16.7 Å². The Bertz CT molecular complexity index is 9700. The quantitative estimate of drug-likeness (QED) is 0.107. The summed E-state index contributed by atoms with van der Waals surface area (Å²) in [5.41, 5.74) is 33.4. The minimum Gasteiger partial charge on any atom is -0.456 e. The maximum absolute atomic E-state index is 7.55. The maximum Gasteiger partial charge on any atom is 0.175 e. The minimum atomic E-state index is -1.19. The van der Waals surface area contributed by atoms with E-state index in [2.05, 4.69) is 469 Å². The summed E-state index contributed by atoms with van der Waals surface area (Å²) in [4.78, 5) is 13.1. The first kappa shape index (κ1) is 76.0. The fraction of sp³-hybridized carbons (Fsp3) is 0.0236. The van der Waals surface area contributed by atoms with E-state index in [0.717, 1.165) is 112 Å². The second-order valence-electron chi connectivity index (χ2n) is 36.9. The Morgan fingerprint density at radius 2 is 0.657 bits per heavy atom. The van der Waals surface area contributed by atoms with Crippen molar-refractivity contribution in [2.24, 2.45) is 0 Å². The lowest BCUT2D eigenvalue weighted by Crippen LogP contribution is -2.60. The van der Waals surface area contributed by atoms with Crippen LogP contribution in [0, 0.1) is 0 Å². The summed E-state index contributed by atoms with van der Waals surface area (Å²) in [6.45, 7) is 0. The van der Waals surface area contributed by atoms with Gasteiger partial charge in [0, 0.05) is 165 Å². The van der Waals surface area contributed by atoms with Gasteiger partial charge >= 0.3 is 0 Å². The van der Waals surface area contributed by atoms with Gasteiger partial charge in [-0.15, -0.1) is 45.3 Å². The van der Waals surface area contributed by atoms with Crippen LogP contribution in [-0.2, 0) is 16.5 Å². The third-order valence-electron chi connectivity index (χ3n) is 30.3. The smallest absolute Gasteiger partial charge is 0.175 e. The molecule has 5 aliphatic rings. The molecule has 137 heavy (non-hydrogen) atoms. The normalized spacial score (nSPS) is 16.0. The van der Waals surface area contributed by atoms with Crippen molar-refractivity contribution < 1.29 is 8.83 Å². The van der Waals surface area contributed by atoms with Crippen molar-refractivity contribution >= 4 is 207 Å². The molecule has 0 amide bonds. The van der Waals surface area contributed by atoms with Gasteiger partial charge < -0.3 is 28.4 Å². The molecule has 0 N–H and O–H groups in total. The minimum absolute atomic E-state index is 0.653. The summed E-state index contributed by atoms with van der Waals surface area (Å²) < 4.78 is 22.6. The van der Waals surface area contributed by atoms with Crippen LogP contribution in [-0.4, -0.2) is 0 Å². The average Bonchev–Trinajstić information content (AvgIpc) is 1.47. The Labute approximate surface area is 803 Å². The van der Waals surface area contributed by atoms with E-state index in [1.807, 2.05) is 45.3 Å². The number of furan rings is 2. The fourth-order valence-electron chi connectivity index (χ4n) is 25.2. The van der Waals surface area contributed by atoms with Gasteiger partial charge in [-0.2, -0.15) is 0 Å². The van der Waals surface area contributed by atoms with Crippen molar-refractivity contribution in [2.75, 3.05) is 19.6 Å². The zero-order chi connectivity index (χ0) is 89.2. The third-order valence-corrected chi connectivity index (χ3v) is 35.2. The van der Waals surface area contributed by atoms with E-state index in [1.165, 1.54) is 159 Å². The molecule has 2 spiro atoms. The summed E-state index contributed by atoms with van der Waals surface area (Å²) in [6.07, 6.45) is 0. The molecule has 26 aromatic rings. The molecule has 20 aromatic carbocycles. The molecule has 10 heteroatoms. The van der Waals surface area contributed by atoms with Crippen LogP contribution >= 0.6 is 45.3 Å². The van der Waals surface area contributed by atoms with Crippen LogP contribution in [0.15, 0.2) is 458 Å². The first-order chi connectivity index (χ1) is 67.9. The first-order valence-electron chi connectivity index (χ1n) is 46.9. The van der Waals surface area contributed by atoms with Crippen LogP contribution < -0.4 is 19.6 Å². The number of hydrogen-bond donors (Lipinski definition) is 0. The van der Waals surface area contributed by atoms with E-state index in [0.29, 0.717) is 0 Å². The van der Waals surface area contributed by atoms with Crippen molar-refractivity contribution in [3.8, 4) is 55.6 Å². The Morgan fingerprint density at radius 1 is 0.204 bits per heavy atom. The molecule has 638 valence electrons. The van der Waals surface area contributed by atoms with E-state index in [1.54, 1.807) is 0 Å². The van der Waals surface area contributed by atoms with Crippen molar-refractivity contribution in [1.82, 2.24) is 0 Å². The highest BCUT2D eigenvalue weighted by molar-refractivity contribution is 7.26. The molecule has 6 heterocycles. The molecule has 0 saturated carbocycles. The lowest BCUT2D eigenvalue weighted by Gasteiger charge is -2.58. The zero-order valence-corrected chi connectivity index (χ0v) is 76.7. The second kappa shape index (κ2) is 28.3. The van der Waals surface area contributed by atoms with E-state index >= 15 is 0 Å². The Kier molecular flexibility index (Phi) is 15.7. The first-order valence-corrected chi connectivity index (χ1v) is 50.2. The molecular weight excluding hydrogens is 1740 g/mol. The number of rotatable bonds is 13. The molecule has 31 rings (SSSR count). The van der Waals surface area contributed by atoms with E-state index in [4.69, 9.17) is 8.83 Å². The molecule has 5 aliphatic carbocycles. The molecule has 3 atom stereocenters. The maximum atomic E-state index is 7.55. The number of fused-ring (bicyclic) bond motifs is 30. The van der Waals surface area contributed by atoms with Crippen LogP contribution in [0.5, 0.6) is 0 Å². The van der Waals surface area contributed by atoms with Gasteiger partial charge in [0.2, 0.25) is 0 Å². The largest absolute Gasteiger partial charge is 0.456 e. The van der Waals surface area contributed by atoms with Gasteiger partial charge in [0.05, 0.1) is 22.2 Å². The SMILES string of the molecule is c1ccc(N(c2ccc3c(c2)-c2ccccc2C32c3cccc(N(c4ccccc4)c4ccc(-c5ccc6c(c5)oc5ccc(N(c7ccccc7)C7(N(c8ccccc8)c8ccc9sc%10ccccc%10c9c8)c8cccc9c8C8(c%10ccccc%10-9)c9sc%10ccccc%10c9-c9cccc7c98)cc56)c5c4oc4ccccc45)c3-c3c2sc2ccccc32)c2ccc3sc4ccccc4c3c2)cc1. The standard InChI is InChI=1S/C127H74N4O2S4/c1-5-30-76(31-6-1)128(81-61-68-114-97(72-81)88-40-16-23-54-110(88)134-114)80-59-65-101-95(71-80)86-39-14-20-47-99(86)125(101)102-49-29-52-105(119(102)118-93-44-19-26-57-113(93)137-124(118)125)129(77-32-7-2-8-33-77)106-66-64-84(116-91-42-15-22-53-107(91)133-122(106)116)75-58-63-87-96-73-82(60-67-108(96)132-109(87)70-75)130(78-34-9-3-10-35-78)127(131(79-36-11-4-12-37-79)83-62-69-115-98(74-83)89-41-17-24-55-111(89)135-115)103-50-27-45-90-85-38-13-21-48-100(85)126(120(90)103)121-94(46-28-51-104(121)127)117-92-43-18-25-56-112(92)136-123(117)126/h1-74H. The number of hydrogen-bond acceptors (Lipinski definition) is 10. The van der Waals surface area contributed by atoms with E-state index in [9.17, 15) is 0 Å². The summed E-state index contributed by atoms with van der Waals surface area (Å²) >= 11 is 7.62. The lowest BCUT2D eigenvalue weighted by atomic mass is 9.62. The van der Waals surface area contributed by atoms with Crippen LogP contribution in [0.25, 0.3) is 160 Å². The molecule has 0 bridgehead atoms. The van der Waals surface area contributed by atoms with Crippen molar-refractivity contribution in [1.29, 1.82) is 0 Å². The summed E-state index contributed by atoms with van der Waals surface area (Å²) in [5.74, 6) is 0. The van der Waals surface area contributed by atoms with Crippen molar-refractivity contribution in [2.45, 2.75) is 16.5 Å². The third kappa shape index (κ3) is 10.1. The van der Waals surface area contributed by atoms with Crippen LogP contribution in [0.3, 0.4) is 0 Å². The number of benzene rings is 20. The molecule has 6 nitrogen and oxygen atoms in total. The van der Waals surface area contributed by atoms with Crippen LogP contribution in [0.1, 0.15) is 54.3 Å². The molecular formula is C127H74N4O2S4. The highest BCUT2D eigenvalue weighted by Crippen LogP contribution is 2.75. The van der Waals surface area contributed by atoms with E-state index < -0.39 is 16.5 Å². The van der Waals surface area contributed by atoms with Gasteiger partial charge in [-0.1, -0.05) is 279 Å². The monoisotopic (exact) mass is 1810 g/mol. The van der Waals surface area contributed by atoms with E-state index in [-0.39, 0.29) is 0 Å². The number of para-hydroxylation sites is 5. The Hall–Kier alpha value is -16.4. The molecule has 0 radical (unpaired) electrons. The molecule has 0 saturated heterocycles. The van der Waals surface area contributed by atoms with Gasteiger partial charge in [-0.25, -0.2) is 0 Å². The molecule has 0 aliphatic heterocycles. The highest BCUT2D eigenvalue weighted by Gasteiger charge is 2.66. The number of anilines is 10. The van der Waals surface area contributed by atoms with Crippen molar-refractivity contribution in [3.05, 3.63) is 503 Å². The predicted octanol–water partition coefficient (Wildman–Crippen LogP) is 36.1. The lowest BCUT2D eigenvalue weighted by molar-refractivity contribution is 0.495. The fourth-order valence-corrected chi connectivity index (χ4v) is 30.2. The predicted molar refractivity (Wildman–Crippen MR) is 576 cm³/mol. The number of thiophene rings is 4. The van der Waals surface area contributed by atoms with Gasteiger partial charge in [-0.05, 0) is 242 Å². The summed E-state index contributed by atoms with van der Waals surface area (Å²) in [7, 11) is 0. The second-order valence-corrected chi connectivity index (χ2v) is 41.2. The molecule has 6 aromatic heterocycles. The number of nitrogens with zero attached hydrogens (tertiary/aromatic N) is 4. The summed E-state index contributed by atoms with van der Waals surface area (Å²) in [5, 5.41) is 11.6. The highest BCUT2D eigenvalue weighted by atomic mass is 32.1. The van der Waals surface area contributed by atoms with Gasteiger partial charge in [-0.3, -0.25) is 0 Å². The zero-order valence-electron chi connectivity index (χ0n) is 73.5. The van der Waals surface area contributed by atoms with Crippen LogP contribution in [0.2, 0.25) is 0 Å². The van der Waals surface area contributed by atoms with Gasteiger partial charge in [0.25, 0.3) is 0 Å².